The molecule has 1 N–H and O–H groups in total. The summed E-state index contributed by atoms with van der Waals surface area (Å²) >= 11 is 0. The van der Waals surface area contributed by atoms with E-state index in [4.69, 9.17) is 4.74 Å². The van der Waals surface area contributed by atoms with Gasteiger partial charge >= 0.3 is 0 Å². The van der Waals surface area contributed by atoms with E-state index in [1.54, 1.807) is 0 Å². The van der Waals surface area contributed by atoms with Crippen molar-refractivity contribution in [3.63, 3.8) is 0 Å². The highest BCUT2D eigenvalue weighted by atomic mass is 32.2. The standard InChI is InChI=1S/C20H26N2O3S/c1-15-4-6-18(7-5-15)14-26(23,24)21-19-8-10-20(11-9-19)22-12-17(3)25-13-16(22)2/h4-11,16-17,21H,12-14H2,1-3H3. The van der Waals surface area contributed by atoms with Crippen molar-refractivity contribution in [2.75, 3.05) is 22.8 Å². The lowest BCUT2D eigenvalue weighted by Crippen LogP contribution is -2.47. The Hall–Kier alpha value is -2.05. The fourth-order valence-electron chi connectivity index (χ4n) is 3.10. The first-order chi connectivity index (χ1) is 12.3. The minimum Gasteiger partial charge on any atom is -0.375 e. The molecule has 1 aliphatic heterocycles. The van der Waals surface area contributed by atoms with Crippen molar-refractivity contribution < 1.29 is 13.2 Å². The smallest absolute Gasteiger partial charge is 0.236 e. The van der Waals surface area contributed by atoms with E-state index >= 15 is 0 Å². The largest absolute Gasteiger partial charge is 0.375 e. The monoisotopic (exact) mass is 374 g/mol. The Kier molecular flexibility index (Phi) is 5.53. The van der Waals surface area contributed by atoms with Gasteiger partial charge in [0.25, 0.3) is 0 Å². The molecule has 5 nitrogen and oxygen atoms in total. The summed E-state index contributed by atoms with van der Waals surface area (Å²) in [4.78, 5) is 2.29. The van der Waals surface area contributed by atoms with Crippen molar-refractivity contribution in [3.05, 3.63) is 59.7 Å². The second-order valence-electron chi connectivity index (χ2n) is 7.04. The van der Waals surface area contributed by atoms with Crippen LogP contribution in [-0.4, -0.2) is 33.7 Å². The van der Waals surface area contributed by atoms with Crippen molar-refractivity contribution in [2.24, 2.45) is 0 Å². The molecule has 1 aliphatic rings. The molecule has 0 spiro atoms. The van der Waals surface area contributed by atoms with Crippen LogP contribution in [0, 0.1) is 6.92 Å². The summed E-state index contributed by atoms with van der Waals surface area (Å²) < 4.78 is 33.1. The zero-order valence-electron chi connectivity index (χ0n) is 15.5. The summed E-state index contributed by atoms with van der Waals surface area (Å²) in [5.41, 5.74) is 3.54. The van der Waals surface area contributed by atoms with E-state index in [1.165, 1.54) is 0 Å². The van der Waals surface area contributed by atoms with Crippen LogP contribution in [0.5, 0.6) is 0 Å². The normalized spacial score (nSPS) is 20.8. The second kappa shape index (κ2) is 7.68. The number of nitrogens with one attached hydrogen (secondary N) is 1. The summed E-state index contributed by atoms with van der Waals surface area (Å²) in [7, 11) is -3.44. The molecule has 2 unspecified atom stereocenters. The molecule has 0 amide bonds. The van der Waals surface area contributed by atoms with Crippen LogP contribution in [0.3, 0.4) is 0 Å². The van der Waals surface area contributed by atoms with Crippen LogP contribution in [0.4, 0.5) is 11.4 Å². The van der Waals surface area contributed by atoms with Crippen LogP contribution >= 0.6 is 0 Å². The molecule has 2 aromatic carbocycles. The maximum absolute atomic E-state index is 12.4. The summed E-state index contributed by atoms with van der Waals surface area (Å²) in [5.74, 6) is -0.0347. The van der Waals surface area contributed by atoms with E-state index in [2.05, 4.69) is 23.5 Å². The fourth-order valence-corrected chi connectivity index (χ4v) is 4.30. The highest BCUT2D eigenvalue weighted by Crippen LogP contribution is 2.24. The Bertz CT molecular complexity index is 832. The minimum absolute atomic E-state index is 0.0347. The molecule has 0 aliphatic carbocycles. The van der Waals surface area contributed by atoms with Crippen molar-refractivity contribution in [2.45, 2.75) is 38.7 Å². The van der Waals surface area contributed by atoms with Gasteiger partial charge in [0.05, 0.1) is 18.5 Å². The Morgan fingerprint density at radius 2 is 1.73 bits per heavy atom. The number of aryl methyl sites for hydroxylation is 1. The fraction of sp³-hybridized carbons (Fsp3) is 0.400. The van der Waals surface area contributed by atoms with E-state index in [0.29, 0.717) is 18.3 Å². The zero-order chi connectivity index (χ0) is 18.7. The maximum Gasteiger partial charge on any atom is 0.236 e. The number of benzene rings is 2. The zero-order valence-corrected chi connectivity index (χ0v) is 16.3. The van der Waals surface area contributed by atoms with E-state index in [-0.39, 0.29) is 11.9 Å². The highest BCUT2D eigenvalue weighted by molar-refractivity contribution is 7.91. The minimum atomic E-state index is -3.44. The molecule has 6 heteroatoms. The first-order valence-corrected chi connectivity index (χ1v) is 10.5. The Morgan fingerprint density at radius 3 is 2.38 bits per heavy atom. The van der Waals surface area contributed by atoms with Crippen LogP contribution in [-0.2, 0) is 20.5 Å². The predicted molar refractivity (Wildman–Crippen MR) is 106 cm³/mol. The molecule has 0 saturated carbocycles. The molecule has 2 atom stereocenters. The van der Waals surface area contributed by atoms with E-state index in [9.17, 15) is 8.42 Å². The van der Waals surface area contributed by atoms with Gasteiger partial charge in [-0.2, -0.15) is 0 Å². The van der Waals surface area contributed by atoms with Gasteiger partial charge in [-0.05, 0) is 50.6 Å². The predicted octanol–water partition coefficient (Wildman–Crippen LogP) is 3.55. The Labute approximate surface area is 156 Å². The molecule has 0 bridgehead atoms. The quantitative estimate of drug-likeness (QED) is 0.869. The first-order valence-electron chi connectivity index (χ1n) is 8.87. The number of hydrogen-bond acceptors (Lipinski definition) is 4. The molecule has 0 aromatic heterocycles. The molecule has 26 heavy (non-hydrogen) atoms. The van der Waals surface area contributed by atoms with E-state index in [1.807, 2.05) is 55.5 Å². The van der Waals surface area contributed by atoms with Gasteiger partial charge in [0.2, 0.25) is 10.0 Å². The van der Waals surface area contributed by atoms with Crippen LogP contribution in [0.1, 0.15) is 25.0 Å². The van der Waals surface area contributed by atoms with Crippen LogP contribution in [0.2, 0.25) is 0 Å². The molecule has 1 fully saturated rings. The lowest BCUT2D eigenvalue weighted by Gasteiger charge is -2.38. The number of morpholine rings is 1. The second-order valence-corrected chi connectivity index (χ2v) is 8.76. The van der Waals surface area contributed by atoms with Gasteiger partial charge in [-0.1, -0.05) is 29.8 Å². The summed E-state index contributed by atoms with van der Waals surface area (Å²) in [6.07, 6.45) is 0.193. The SMILES string of the molecule is Cc1ccc(CS(=O)(=O)Nc2ccc(N3CC(C)OCC3C)cc2)cc1. The third kappa shape index (κ3) is 4.77. The van der Waals surface area contributed by atoms with Crippen LogP contribution < -0.4 is 9.62 Å². The molecular formula is C20H26N2O3S. The number of ether oxygens (including phenoxy) is 1. The van der Waals surface area contributed by atoms with Crippen molar-refractivity contribution >= 4 is 21.4 Å². The first kappa shape index (κ1) is 18.7. The number of hydrogen-bond donors (Lipinski definition) is 1. The molecule has 0 radical (unpaired) electrons. The average molecular weight is 375 g/mol. The van der Waals surface area contributed by atoms with E-state index < -0.39 is 10.0 Å². The summed E-state index contributed by atoms with van der Waals surface area (Å²) in [5, 5.41) is 0. The van der Waals surface area contributed by atoms with Crippen molar-refractivity contribution in [3.8, 4) is 0 Å². The molecular weight excluding hydrogens is 348 g/mol. The molecule has 140 valence electrons. The van der Waals surface area contributed by atoms with Gasteiger partial charge < -0.3 is 9.64 Å². The third-order valence-corrected chi connectivity index (χ3v) is 5.82. The molecule has 1 saturated heterocycles. The molecule has 1 heterocycles. The van der Waals surface area contributed by atoms with Crippen LogP contribution in [0.15, 0.2) is 48.5 Å². The molecule has 3 rings (SSSR count). The van der Waals surface area contributed by atoms with E-state index in [0.717, 1.165) is 23.4 Å². The van der Waals surface area contributed by atoms with Gasteiger partial charge in [-0.3, -0.25) is 4.72 Å². The molecule has 2 aromatic rings. The Morgan fingerprint density at radius 1 is 1.08 bits per heavy atom. The number of sulfonamides is 1. The third-order valence-electron chi connectivity index (χ3n) is 4.56. The van der Waals surface area contributed by atoms with Crippen LogP contribution in [0.25, 0.3) is 0 Å². The average Bonchev–Trinajstić information content (AvgIpc) is 2.59. The topological polar surface area (TPSA) is 58.6 Å². The number of rotatable bonds is 5. The maximum atomic E-state index is 12.4. The van der Waals surface area contributed by atoms with Crippen molar-refractivity contribution in [1.82, 2.24) is 0 Å². The summed E-state index contributed by atoms with van der Waals surface area (Å²) in [6, 6.07) is 15.4. The van der Waals surface area contributed by atoms with Gasteiger partial charge in [0, 0.05) is 24.0 Å². The highest BCUT2D eigenvalue weighted by Gasteiger charge is 2.23. The van der Waals surface area contributed by atoms with Gasteiger partial charge in [-0.25, -0.2) is 8.42 Å². The number of nitrogens with zero attached hydrogens (tertiary/aromatic N) is 1. The van der Waals surface area contributed by atoms with Gasteiger partial charge in [0.15, 0.2) is 0 Å². The van der Waals surface area contributed by atoms with Crippen molar-refractivity contribution in [1.29, 1.82) is 0 Å². The Balaban J connectivity index is 1.67. The van der Waals surface area contributed by atoms with Gasteiger partial charge in [0.1, 0.15) is 0 Å². The van der Waals surface area contributed by atoms with Gasteiger partial charge in [-0.15, -0.1) is 0 Å². The summed E-state index contributed by atoms with van der Waals surface area (Å²) in [6.45, 7) is 7.70. The lowest BCUT2D eigenvalue weighted by atomic mass is 10.1. The lowest BCUT2D eigenvalue weighted by molar-refractivity contribution is 0.0344. The number of anilines is 2.